The second-order valence-electron chi connectivity index (χ2n) is 1.10. The molecule has 0 aromatic rings. The van der Waals surface area contributed by atoms with Crippen molar-refractivity contribution in [2.24, 2.45) is 11.5 Å². The molecule has 1 radical (unpaired) electrons. The molecule has 0 aromatic carbocycles. The van der Waals surface area contributed by atoms with Gasteiger partial charge in [0, 0.05) is 66.6 Å². The maximum atomic E-state index is 9.00. The van der Waals surface area contributed by atoms with Crippen molar-refractivity contribution in [3.63, 3.8) is 0 Å². The Hall–Kier alpha value is 0.909. The summed E-state index contributed by atoms with van der Waals surface area (Å²) in [6.45, 7) is 2.28. The van der Waals surface area contributed by atoms with Crippen molar-refractivity contribution >= 4 is 35.5 Å². The monoisotopic (exact) mass is 199 g/mol. The van der Waals surface area contributed by atoms with Gasteiger partial charge in [0.25, 0.3) is 5.97 Å². The predicted octanol–water partition coefficient (Wildman–Crippen LogP) is -1.39. The molecule has 4 nitrogen and oxygen atoms in total. The van der Waals surface area contributed by atoms with E-state index < -0.39 is 5.97 Å². The van der Waals surface area contributed by atoms with Crippen LogP contribution in [0.1, 0.15) is 6.92 Å². The Morgan fingerprint density at radius 1 is 1.40 bits per heavy atom. The van der Waals surface area contributed by atoms with Gasteiger partial charge in [-0.05, 0) is 0 Å². The molecule has 0 rings (SSSR count). The van der Waals surface area contributed by atoms with E-state index >= 15 is 0 Å². The molecule has 0 aliphatic heterocycles. The summed E-state index contributed by atoms with van der Waals surface area (Å²) in [4.78, 5) is 9.00. The van der Waals surface area contributed by atoms with Crippen molar-refractivity contribution in [3.8, 4) is 0 Å². The van der Waals surface area contributed by atoms with Gasteiger partial charge in [-0.3, -0.25) is 4.79 Å². The molecule has 0 saturated heterocycles. The first-order valence-corrected chi connectivity index (χ1v) is 2.24. The van der Waals surface area contributed by atoms with Gasteiger partial charge in [0.2, 0.25) is 0 Å². The van der Waals surface area contributed by atoms with E-state index in [0.29, 0.717) is 13.1 Å². The van der Waals surface area contributed by atoms with Crippen LogP contribution < -0.4 is 11.5 Å². The molecule has 0 amide bonds. The normalized spacial score (nSPS) is 5.50. The van der Waals surface area contributed by atoms with Crippen LogP contribution >= 0.6 is 0 Å². The van der Waals surface area contributed by atoms with E-state index in [9.17, 15) is 0 Å². The molecular formula is C4H12FeN2NaO2. The van der Waals surface area contributed by atoms with Crippen LogP contribution in [0, 0.1) is 0 Å². The Kier molecular flexibility index (Phi) is 50.5. The number of carbonyl (C=O) groups is 1. The molecule has 0 aliphatic carbocycles. The van der Waals surface area contributed by atoms with Gasteiger partial charge in [-0.15, -0.1) is 0 Å². The van der Waals surface area contributed by atoms with Crippen LogP contribution in [0.2, 0.25) is 0 Å². The third-order valence-electron chi connectivity index (χ3n) is 0.167. The van der Waals surface area contributed by atoms with Gasteiger partial charge in [0.15, 0.2) is 0 Å². The van der Waals surface area contributed by atoms with Gasteiger partial charge in [0.05, 0.1) is 0 Å². The third kappa shape index (κ3) is 153. The van der Waals surface area contributed by atoms with Gasteiger partial charge < -0.3 is 16.6 Å². The van der Waals surface area contributed by atoms with Gasteiger partial charge in [-0.2, -0.15) is 0 Å². The predicted molar refractivity (Wildman–Crippen MR) is 37.2 cm³/mol. The van der Waals surface area contributed by atoms with Crippen LogP contribution in [-0.4, -0.2) is 53.7 Å². The molecule has 0 atom stereocenters. The van der Waals surface area contributed by atoms with Gasteiger partial charge in [-0.25, -0.2) is 0 Å². The van der Waals surface area contributed by atoms with Crippen molar-refractivity contribution in [2.75, 3.05) is 13.1 Å². The number of hydrogen-bond acceptors (Lipinski definition) is 3. The van der Waals surface area contributed by atoms with Crippen LogP contribution in [0.4, 0.5) is 0 Å². The maximum Gasteiger partial charge on any atom is 0.300 e. The minimum absolute atomic E-state index is 0. The summed E-state index contributed by atoms with van der Waals surface area (Å²) < 4.78 is 0. The fourth-order valence-corrected chi connectivity index (χ4v) is 0. The topological polar surface area (TPSA) is 89.3 Å². The van der Waals surface area contributed by atoms with Crippen molar-refractivity contribution in [1.29, 1.82) is 0 Å². The van der Waals surface area contributed by atoms with Gasteiger partial charge >= 0.3 is 0 Å². The van der Waals surface area contributed by atoms with Crippen molar-refractivity contribution in [1.82, 2.24) is 0 Å². The summed E-state index contributed by atoms with van der Waals surface area (Å²) in [6.07, 6.45) is 0. The third-order valence-corrected chi connectivity index (χ3v) is 0.167. The molecule has 0 bridgehead atoms. The number of carboxylic acid groups (broad SMARTS) is 1. The van der Waals surface area contributed by atoms with E-state index in [0.717, 1.165) is 6.92 Å². The molecule has 0 spiro atoms. The maximum absolute atomic E-state index is 9.00. The minimum Gasteiger partial charge on any atom is -0.481 e. The average molecular weight is 199 g/mol. The van der Waals surface area contributed by atoms with E-state index in [4.69, 9.17) is 21.4 Å². The molecule has 0 saturated carbocycles. The first-order chi connectivity index (χ1) is 3.65. The fraction of sp³-hybridized carbons (Fsp3) is 0.750. The second kappa shape index (κ2) is 22.5. The van der Waals surface area contributed by atoms with Crippen LogP contribution in [-0.2, 0) is 21.9 Å². The quantitative estimate of drug-likeness (QED) is 0.453. The van der Waals surface area contributed by atoms with E-state index in [1.807, 2.05) is 0 Å². The van der Waals surface area contributed by atoms with Gasteiger partial charge in [0.1, 0.15) is 0 Å². The second-order valence-corrected chi connectivity index (χ2v) is 1.10. The van der Waals surface area contributed by atoms with Crippen molar-refractivity contribution < 1.29 is 27.0 Å². The molecule has 10 heavy (non-hydrogen) atoms. The summed E-state index contributed by atoms with van der Waals surface area (Å²) in [6, 6.07) is 0. The summed E-state index contributed by atoms with van der Waals surface area (Å²) in [5, 5.41) is 7.42. The summed E-state index contributed by atoms with van der Waals surface area (Å²) in [5.74, 6) is -0.833. The Balaban J connectivity index is -0.0000000300. The number of hydrogen-bond donors (Lipinski definition) is 3. The number of nitrogens with two attached hydrogens (primary N) is 2. The molecule has 6 heteroatoms. The van der Waals surface area contributed by atoms with E-state index in [2.05, 4.69) is 0 Å². The number of aliphatic carboxylic acids is 1. The van der Waals surface area contributed by atoms with Crippen LogP contribution in [0.5, 0.6) is 0 Å². The molecule has 0 aromatic heterocycles. The smallest absolute Gasteiger partial charge is 0.300 e. The fourth-order valence-electron chi connectivity index (χ4n) is 0. The zero-order chi connectivity index (χ0) is 6.99. The van der Waals surface area contributed by atoms with E-state index in [-0.39, 0.29) is 46.6 Å². The largest absolute Gasteiger partial charge is 0.481 e. The van der Waals surface area contributed by atoms with Crippen molar-refractivity contribution in [3.05, 3.63) is 0 Å². The Morgan fingerprint density at radius 3 is 1.50 bits per heavy atom. The van der Waals surface area contributed by atoms with Crippen LogP contribution in [0.25, 0.3) is 0 Å². The molecule has 0 aliphatic rings. The van der Waals surface area contributed by atoms with Crippen molar-refractivity contribution in [2.45, 2.75) is 6.92 Å². The standard InChI is InChI=1S/C2H8N2.C2H4O2.Fe.Na/c3-1-2-4;1-2(3)4;;/h1-4H2;1H3,(H,3,4);;. The number of carboxylic acids is 1. The Bertz CT molecular complexity index is 59.2. The Morgan fingerprint density at radius 2 is 1.50 bits per heavy atom. The molecule has 0 unspecified atom stereocenters. The Labute approximate surface area is 93.5 Å². The molecule has 0 heterocycles. The van der Waals surface area contributed by atoms with E-state index in [1.54, 1.807) is 0 Å². The first kappa shape index (κ1) is 22.4. The van der Waals surface area contributed by atoms with E-state index in [1.165, 1.54) is 0 Å². The molecular weight excluding hydrogens is 187 g/mol. The van der Waals surface area contributed by atoms with Crippen LogP contribution in [0.15, 0.2) is 0 Å². The molecule has 0 fully saturated rings. The van der Waals surface area contributed by atoms with Gasteiger partial charge in [-0.1, -0.05) is 0 Å². The zero-order valence-corrected chi connectivity index (χ0v) is 9.38. The first-order valence-electron chi connectivity index (χ1n) is 2.24. The molecule has 59 valence electrons. The number of rotatable bonds is 1. The minimum atomic E-state index is -0.833. The SMILES string of the molecule is CC(=O)O.NCCN.[Fe].[Na]. The summed E-state index contributed by atoms with van der Waals surface area (Å²) in [5.41, 5.74) is 9.81. The summed E-state index contributed by atoms with van der Waals surface area (Å²) in [7, 11) is 0. The van der Waals surface area contributed by atoms with Crippen LogP contribution in [0.3, 0.4) is 0 Å². The zero-order valence-electron chi connectivity index (χ0n) is 6.28. The average Bonchev–Trinajstić information content (AvgIpc) is 1.65. The molecule has 5 N–H and O–H groups in total. The summed E-state index contributed by atoms with van der Waals surface area (Å²) >= 11 is 0.